The second-order valence-electron chi connectivity index (χ2n) is 9.79. The molecule has 1 saturated carbocycles. The number of ether oxygens (including phenoxy) is 1. The lowest BCUT2D eigenvalue weighted by Crippen LogP contribution is -2.53. The van der Waals surface area contributed by atoms with Gasteiger partial charge in [-0.15, -0.1) is 0 Å². The summed E-state index contributed by atoms with van der Waals surface area (Å²) in [4.78, 5) is 20.8. The van der Waals surface area contributed by atoms with Crippen LogP contribution in [-0.4, -0.2) is 36.0 Å². The fourth-order valence-electron chi connectivity index (χ4n) is 6.12. The Kier molecular flexibility index (Phi) is 5.69. The van der Waals surface area contributed by atoms with E-state index < -0.39 is 5.54 Å². The Morgan fingerprint density at radius 3 is 2.60 bits per heavy atom. The molecule has 2 spiro atoms. The fourth-order valence-corrected chi connectivity index (χ4v) is 6.12. The number of benzene rings is 1. The average molecular weight is 412 g/mol. The molecule has 1 aromatic carbocycles. The normalized spacial score (nSPS) is 30.6. The summed E-state index contributed by atoms with van der Waals surface area (Å²) in [5.74, 6) is 0.461. The molecule has 2 N–H and O–H groups in total. The molecule has 1 fully saturated rings. The van der Waals surface area contributed by atoms with Crippen LogP contribution in [0.5, 0.6) is 0 Å². The minimum atomic E-state index is -0.865. The van der Waals surface area contributed by atoms with Crippen LogP contribution in [0.4, 0.5) is 0 Å². The summed E-state index contributed by atoms with van der Waals surface area (Å²) in [6, 6.07) is 6.80. The van der Waals surface area contributed by atoms with Crippen LogP contribution in [-0.2, 0) is 27.9 Å². The van der Waals surface area contributed by atoms with E-state index in [1.807, 2.05) is 13.8 Å². The summed E-state index contributed by atoms with van der Waals surface area (Å²) < 4.78 is 5.65. The molecule has 0 aromatic heterocycles. The van der Waals surface area contributed by atoms with Gasteiger partial charge in [0, 0.05) is 18.6 Å². The molecule has 3 aliphatic rings. The van der Waals surface area contributed by atoms with Gasteiger partial charge >= 0.3 is 0 Å². The number of fused-ring (bicyclic) bond motifs is 3. The number of aryl methyl sites for hydroxylation is 1. The van der Waals surface area contributed by atoms with E-state index in [1.165, 1.54) is 30.4 Å². The van der Waals surface area contributed by atoms with Crippen molar-refractivity contribution in [2.75, 3.05) is 7.11 Å². The molecule has 1 aromatic rings. The molecule has 5 heteroatoms. The molecule has 0 radical (unpaired) electrons. The van der Waals surface area contributed by atoms with Gasteiger partial charge < -0.3 is 10.5 Å². The maximum absolute atomic E-state index is 14.0. The van der Waals surface area contributed by atoms with E-state index in [9.17, 15) is 4.79 Å². The molecule has 1 unspecified atom stereocenters. The topological polar surface area (TPSA) is 67.9 Å². The minimum Gasteiger partial charge on any atom is -0.381 e. The van der Waals surface area contributed by atoms with Crippen LogP contribution < -0.4 is 5.73 Å². The standard InChI is InChI=1S/C25H37N3O2/c1-5-6-7-8-18-9-10-19-16-24(13-11-20(30-4)12-14-24)25(21(19)15-18)22(29)28(17(2)3)23(26)27-25/h9-10,15,17,20H,5-8,11-14,16H2,1-4H3,(H2,26,27). The van der Waals surface area contributed by atoms with E-state index in [0.29, 0.717) is 5.96 Å². The molecule has 5 nitrogen and oxygen atoms in total. The summed E-state index contributed by atoms with van der Waals surface area (Å²) in [7, 11) is 1.79. The predicted molar refractivity (Wildman–Crippen MR) is 120 cm³/mol. The zero-order valence-corrected chi connectivity index (χ0v) is 19.0. The number of hydrogen-bond donors (Lipinski definition) is 1. The van der Waals surface area contributed by atoms with Gasteiger partial charge in [0.15, 0.2) is 11.5 Å². The summed E-state index contributed by atoms with van der Waals surface area (Å²) in [6.07, 6.45) is 9.69. The first-order chi connectivity index (χ1) is 14.4. The second kappa shape index (κ2) is 7.99. The molecule has 1 atom stereocenters. The van der Waals surface area contributed by atoms with Crippen molar-refractivity contribution in [3.8, 4) is 0 Å². The van der Waals surface area contributed by atoms with Gasteiger partial charge in [0.25, 0.3) is 5.91 Å². The van der Waals surface area contributed by atoms with Gasteiger partial charge in [0.1, 0.15) is 0 Å². The number of unbranched alkanes of at least 4 members (excludes halogenated alkanes) is 2. The van der Waals surface area contributed by atoms with Gasteiger partial charge in [-0.1, -0.05) is 38.0 Å². The number of methoxy groups -OCH3 is 1. The molecular weight excluding hydrogens is 374 g/mol. The lowest BCUT2D eigenvalue weighted by molar-refractivity contribution is -0.139. The zero-order valence-electron chi connectivity index (χ0n) is 19.0. The third kappa shape index (κ3) is 3.08. The van der Waals surface area contributed by atoms with E-state index in [0.717, 1.165) is 44.1 Å². The van der Waals surface area contributed by atoms with Crippen molar-refractivity contribution in [2.24, 2.45) is 16.1 Å². The Labute approximate surface area is 181 Å². The maximum atomic E-state index is 14.0. The number of aliphatic imine (C=N–C) groups is 1. The zero-order chi connectivity index (χ0) is 21.5. The van der Waals surface area contributed by atoms with Crippen molar-refractivity contribution in [3.63, 3.8) is 0 Å². The lowest BCUT2D eigenvalue weighted by Gasteiger charge is -2.45. The van der Waals surface area contributed by atoms with Crippen LogP contribution in [0.1, 0.15) is 82.4 Å². The summed E-state index contributed by atoms with van der Waals surface area (Å²) in [5.41, 5.74) is 9.04. The number of nitrogens with zero attached hydrogens (tertiary/aromatic N) is 2. The highest BCUT2D eigenvalue weighted by Crippen LogP contribution is 2.62. The van der Waals surface area contributed by atoms with E-state index in [4.69, 9.17) is 15.5 Å². The van der Waals surface area contributed by atoms with Crippen molar-refractivity contribution in [3.05, 3.63) is 34.9 Å². The van der Waals surface area contributed by atoms with Gasteiger partial charge in [-0.2, -0.15) is 0 Å². The summed E-state index contributed by atoms with van der Waals surface area (Å²) >= 11 is 0. The number of carbonyl (C=O) groups excluding carboxylic acids is 1. The van der Waals surface area contributed by atoms with Crippen LogP contribution in [0, 0.1) is 5.41 Å². The van der Waals surface area contributed by atoms with Gasteiger partial charge in [0.05, 0.1) is 6.10 Å². The number of nitrogens with two attached hydrogens (primary N) is 1. The van der Waals surface area contributed by atoms with Crippen LogP contribution in [0.3, 0.4) is 0 Å². The average Bonchev–Trinajstić information content (AvgIpc) is 3.15. The molecule has 1 heterocycles. The molecule has 1 amide bonds. The summed E-state index contributed by atoms with van der Waals surface area (Å²) in [6.45, 7) is 6.27. The SMILES string of the molecule is CCCCCc1ccc2c(c1)C1(N=C(N)N(C(C)C)C1=O)C1(CCC(OC)CC1)C2. The molecule has 1 aliphatic heterocycles. The quantitative estimate of drug-likeness (QED) is 0.709. The van der Waals surface area contributed by atoms with Crippen molar-refractivity contribution < 1.29 is 9.53 Å². The number of hydrogen-bond acceptors (Lipinski definition) is 4. The van der Waals surface area contributed by atoms with E-state index in [-0.39, 0.29) is 23.5 Å². The van der Waals surface area contributed by atoms with Gasteiger partial charge in [-0.3, -0.25) is 9.69 Å². The predicted octanol–water partition coefficient (Wildman–Crippen LogP) is 4.31. The molecule has 30 heavy (non-hydrogen) atoms. The first-order valence-corrected chi connectivity index (χ1v) is 11.7. The smallest absolute Gasteiger partial charge is 0.262 e. The molecule has 4 rings (SSSR count). The molecular formula is C25H37N3O2. The first-order valence-electron chi connectivity index (χ1n) is 11.7. The van der Waals surface area contributed by atoms with Crippen molar-refractivity contribution in [1.82, 2.24) is 4.90 Å². The Balaban J connectivity index is 1.79. The third-order valence-electron chi connectivity index (χ3n) is 7.73. The number of guanidine groups is 1. The van der Waals surface area contributed by atoms with Crippen molar-refractivity contribution >= 4 is 11.9 Å². The van der Waals surface area contributed by atoms with Crippen LogP contribution in [0.2, 0.25) is 0 Å². The van der Waals surface area contributed by atoms with E-state index in [1.54, 1.807) is 12.0 Å². The monoisotopic (exact) mass is 411 g/mol. The van der Waals surface area contributed by atoms with Crippen molar-refractivity contribution in [1.29, 1.82) is 0 Å². The second-order valence-corrected chi connectivity index (χ2v) is 9.79. The number of rotatable bonds is 6. The third-order valence-corrected chi connectivity index (χ3v) is 7.73. The highest BCUT2D eigenvalue weighted by Gasteiger charge is 2.66. The largest absolute Gasteiger partial charge is 0.381 e. The van der Waals surface area contributed by atoms with Gasteiger partial charge in [-0.05, 0) is 75.5 Å². The van der Waals surface area contributed by atoms with Crippen LogP contribution >= 0.6 is 0 Å². The van der Waals surface area contributed by atoms with E-state index in [2.05, 4.69) is 25.1 Å². The Morgan fingerprint density at radius 1 is 1.27 bits per heavy atom. The van der Waals surface area contributed by atoms with Gasteiger partial charge in [0.2, 0.25) is 0 Å². The highest BCUT2D eigenvalue weighted by atomic mass is 16.5. The minimum absolute atomic E-state index is 0.00442. The first kappa shape index (κ1) is 21.4. The van der Waals surface area contributed by atoms with Crippen molar-refractivity contribution in [2.45, 2.75) is 96.2 Å². The molecule has 164 valence electrons. The van der Waals surface area contributed by atoms with Crippen LogP contribution in [0.25, 0.3) is 0 Å². The molecule has 0 saturated heterocycles. The maximum Gasteiger partial charge on any atom is 0.262 e. The Bertz CT molecular complexity index is 839. The van der Waals surface area contributed by atoms with Crippen LogP contribution in [0.15, 0.2) is 23.2 Å². The molecule has 0 bridgehead atoms. The fraction of sp³-hybridized carbons (Fsp3) is 0.680. The number of carbonyl (C=O) groups is 1. The van der Waals surface area contributed by atoms with Gasteiger partial charge in [-0.25, -0.2) is 4.99 Å². The number of amides is 1. The molecule has 2 aliphatic carbocycles. The highest BCUT2D eigenvalue weighted by molar-refractivity contribution is 6.08. The lowest BCUT2D eigenvalue weighted by atomic mass is 9.61. The Morgan fingerprint density at radius 2 is 2.00 bits per heavy atom. The van der Waals surface area contributed by atoms with E-state index >= 15 is 0 Å². The Hall–Kier alpha value is -1.88. The summed E-state index contributed by atoms with van der Waals surface area (Å²) in [5, 5.41) is 0.